The fraction of sp³-hybridized carbons (Fsp3) is 0.480. The van der Waals surface area contributed by atoms with E-state index in [1.807, 2.05) is 65.6 Å². The number of aliphatic hydroxyl groups excluding tert-OH is 1. The number of benzene rings is 2. The Balaban J connectivity index is 1.34. The fourth-order valence-corrected chi connectivity index (χ4v) is 4.58. The molecule has 2 fully saturated rings. The van der Waals surface area contributed by atoms with Crippen LogP contribution in [0.15, 0.2) is 60.7 Å². The van der Waals surface area contributed by atoms with Gasteiger partial charge in [-0.2, -0.15) is 0 Å². The predicted octanol–water partition coefficient (Wildman–Crippen LogP) is 3.41. The van der Waals surface area contributed by atoms with E-state index in [1.165, 1.54) is 19.3 Å². The Hall–Kier alpha value is -2.41. The van der Waals surface area contributed by atoms with E-state index in [0.717, 1.165) is 44.1 Å². The maximum Gasteiger partial charge on any atom is 0.329 e. The SMILES string of the molecule is O=C(N1CCN(CC(O)CN2CCCCC2)CC1)N(c1ccccc1)c1ccccc1. The van der Waals surface area contributed by atoms with Crippen LogP contribution in [0, 0.1) is 0 Å². The third-order valence-corrected chi connectivity index (χ3v) is 6.25. The molecule has 166 valence electrons. The molecule has 1 atom stereocenters. The molecule has 0 spiro atoms. The quantitative estimate of drug-likeness (QED) is 0.775. The number of piperazine rings is 1. The van der Waals surface area contributed by atoms with Gasteiger partial charge in [0, 0.05) is 39.3 Å². The number of amides is 2. The Morgan fingerprint density at radius 1 is 0.742 bits per heavy atom. The fourth-order valence-electron chi connectivity index (χ4n) is 4.58. The van der Waals surface area contributed by atoms with E-state index >= 15 is 0 Å². The molecule has 1 N–H and O–H groups in total. The second-order valence-electron chi connectivity index (χ2n) is 8.59. The molecule has 0 aliphatic carbocycles. The number of β-amino-alcohol motifs (C(OH)–C–C–N with tert-alkyl or cyclic N) is 1. The molecule has 4 rings (SSSR count). The molecule has 0 aromatic heterocycles. The molecular formula is C25H34N4O2. The summed E-state index contributed by atoms with van der Waals surface area (Å²) in [6, 6.07) is 19.6. The minimum atomic E-state index is -0.328. The Morgan fingerprint density at radius 2 is 1.23 bits per heavy atom. The molecule has 0 radical (unpaired) electrons. The Labute approximate surface area is 185 Å². The van der Waals surface area contributed by atoms with E-state index in [2.05, 4.69) is 9.80 Å². The summed E-state index contributed by atoms with van der Waals surface area (Å²) in [5.74, 6) is 0. The van der Waals surface area contributed by atoms with Crippen LogP contribution >= 0.6 is 0 Å². The molecule has 2 amide bonds. The third-order valence-electron chi connectivity index (χ3n) is 6.25. The summed E-state index contributed by atoms with van der Waals surface area (Å²) < 4.78 is 0. The zero-order valence-electron chi connectivity index (χ0n) is 18.3. The van der Waals surface area contributed by atoms with Crippen LogP contribution in [-0.2, 0) is 0 Å². The van der Waals surface area contributed by atoms with E-state index < -0.39 is 0 Å². The maximum absolute atomic E-state index is 13.5. The van der Waals surface area contributed by atoms with Crippen LogP contribution in [0.2, 0.25) is 0 Å². The maximum atomic E-state index is 13.5. The van der Waals surface area contributed by atoms with Crippen LogP contribution < -0.4 is 4.90 Å². The Kier molecular flexibility index (Phi) is 7.57. The number of anilines is 2. The average Bonchev–Trinajstić information content (AvgIpc) is 2.82. The van der Waals surface area contributed by atoms with Crippen molar-refractivity contribution in [3.63, 3.8) is 0 Å². The van der Waals surface area contributed by atoms with Crippen molar-refractivity contribution in [3.8, 4) is 0 Å². The van der Waals surface area contributed by atoms with Gasteiger partial charge in [0.15, 0.2) is 0 Å². The van der Waals surface area contributed by atoms with E-state index in [1.54, 1.807) is 4.90 Å². The number of carbonyl (C=O) groups is 1. The molecule has 1 unspecified atom stereocenters. The topological polar surface area (TPSA) is 50.3 Å². The van der Waals surface area contributed by atoms with Crippen molar-refractivity contribution in [1.82, 2.24) is 14.7 Å². The number of hydrogen-bond donors (Lipinski definition) is 1. The van der Waals surface area contributed by atoms with Crippen LogP contribution in [0.5, 0.6) is 0 Å². The molecule has 2 aliphatic rings. The zero-order valence-corrected chi connectivity index (χ0v) is 18.3. The van der Waals surface area contributed by atoms with Gasteiger partial charge in [-0.1, -0.05) is 42.8 Å². The molecule has 6 heteroatoms. The predicted molar refractivity (Wildman–Crippen MR) is 125 cm³/mol. The molecule has 2 aliphatic heterocycles. The van der Waals surface area contributed by atoms with Crippen LogP contribution in [0.3, 0.4) is 0 Å². The number of urea groups is 1. The molecule has 2 aromatic rings. The van der Waals surface area contributed by atoms with Gasteiger partial charge in [-0.3, -0.25) is 9.80 Å². The summed E-state index contributed by atoms with van der Waals surface area (Å²) in [5, 5.41) is 10.5. The van der Waals surface area contributed by atoms with Crippen molar-refractivity contribution >= 4 is 17.4 Å². The summed E-state index contributed by atoms with van der Waals surface area (Å²) in [5.41, 5.74) is 1.75. The number of para-hydroxylation sites is 2. The first-order valence-electron chi connectivity index (χ1n) is 11.5. The van der Waals surface area contributed by atoms with Crippen molar-refractivity contribution in [3.05, 3.63) is 60.7 Å². The molecule has 0 bridgehead atoms. The molecule has 2 aromatic carbocycles. The number of likely N-dealkylation sites (tertiary alicyclic amines) is 1. The van der Waals surface area contributed by atoms with Gasteiger partial charge in [0.1, 0.15) is 0 Å². The smallest absolute Gasteiger partial charge is 0.329 e. The average molecular weight is 423 g/mol. The first kappa shape index (κ1) is 21.8. The van der Waals surface area contributed by atoms with Crippen LogP contribution in [0.25, 0.3) is 0 Å². The van der Waals surface area contributed by atoms with E-state index in [4.69, 9.17) is 0 Å². The van der Waals surface area contributed by atoms with E-state index in [-0.39, 0.29) is 12.1 Å². The van der Waals surface area contributed by atoms with Crippen molar-refractivity contribution in [2.75, 3.05) is 57.3 Å². The lowest BCUT2D eigenvalue weighted by atomic mass is 10.1. The molecule has 2 heterocycles. The Bertz CT molecular complexity index is 763. The van der Waals surface area contributed by atoms with E-state index in [9.17, 15) is 9.90 Å². The highest BCUT2D eigenvalue weighted by Crippen LogP contribution is 2.27. The number of nitrogens with zero attached hydrogens (tertiary/aromatic N) is 4. The van der Waals surface area contributed by atoms with Gasteiger partial charge in [-0.25, -0.2) is 4.79 Å². The van der Waals surface area contributed by atoms with Gasteiger partial charge in [-0.15, -0.1) is 0 Å². The second kappa shape index (κ2) is 10.8. The summed E-state index contributed by atoms with van der Waals surface area (Å²) in [6.07, 6.45) is 3.47. The molecule has 31 heavy (non-hydrogen) atoms. The lowest BCUT2D eigenvalue weighted by Gasteiger charge is -2.38. The summed E-state index contributed by atoms with van der Waals surface area (Å²) >= 11 is 0. The van der Waals surface area contributed by atoms with Crippen molar-refractivity contribution in [2.24, 2.45) is 0 Å². The summed E-state index contributed by atoms with van der Waals surface area (Å²) in [7, 11) is 0. The lowest BCUT2D eigenvalue weighted by Crippen LogP contribution is -2.54. The largest absolute Gasteiger partial charge is 0.390 e. The number of aliphatic hydroxyl groups is 1. The molecule has 6 nitrogen and oxygen atoms in total. The van der Waals surface area contributed by atoms with E-state index in [0.29, 0.717) is 19.6 Å². The normalized spacial score (nSPS) is 19.2. The Morgan fingerprint density at radius 3 is 1.74 bits per heavy atom. The summed E-state index contributed by atoms with van der Waals surface area (Å²) in [4.78, 5) is 21.9. The minimum Gasteiger partial charge on any atom is -0.390 e. The standard InChI is InChI=1S/C25H34N4O2/c30-24(20-26-14-8-3-9-15-26)21-27-16-18-28(19-17-27)25(31)29(22-10-4-1-5-11-22)23-12-6-2-7-13-23/h1-2,4-7,10-13,24,30H,3,8-9,14-21H2. The highest BCUT2D eigenvalue weighted by atomic mass is 16.3. The van der Waals surface area contributed by atoms with Crippen LogP contribution in [0.4, 0.5) is 16.2 Å². The summed E-state index contributed by atoms with van der Waals surface area (Å²) in [6.45, 7) is 6.58. The molecular weight excluding hydrogens is 388 g/mol. The highest BCUT2D eigenvalue weighted by Gasteiger charge is 2.28. The van der Waals surface area contributed by atoms with Crippen LogP contribution in [-0.4, -0.2) is 84.3 Å². The number of hydrogen-bond acceptors (Lipinski definition) is 4. The van der Waals surface area contributed by atoms with Gasteiger partial charge in [0.2, 0.25) is 0 Å². The van der Waals surface area contributed by atoms with Gasteiger partial charge in [0.05, 0.1) is 17.5 Å². The first-order chi connectivity index (χ1) is 15.2. The van der Waals surface area contributed by atoms with Gasteiger partial charge >= 0.3 is 6.03 Å². The molecule has 0 saturated carbocycles. The molecule has 2 saturated heterocycles. The van der Waals surface area contributed by atoms with Crippen LogP contribution in [0.1, 0.15) is 19.3 Å². The van der Waals surface area contributed by atoms with Gasteiger partial charge < -0.3 is 14.9 Å². The minimum absolute atomic E-state index is 0.00548. The highest BCUT2D eigenvalue weighted by molar-refractivity contribution is 5.99. The van der Waals surface area contributed by atoms with Crippen molar-refractivity contribution in [1.29, 1.82) is 0 Å². The monoisotopic (exact) mass is 422 g/mol. The number of piperidine rings is 1. The number of rotatable bonds is 6. The van der Waals surface area contributed by atoms with Gasteiger partial charge in [0.25, 0.3) is 0 Å². The zero-order chi connectivity index (χ0) is 21.5. The number of carbonyl (C=O) groups excluding carboxylic acids is 1. The lowest BCUT2D eigenvalue weighted by molar-refractivity contribution is 0.0522. The second-order valence-corrected chi connectivity index (χ2v) is 8.59. The third kappa shape index (κ3) is 5.85. The first-order valence-corrected chi connectivity index (χ1v) is 11.5. The van der Waals surface area contributed by atoms with Crippen molar-refractivity contribution < 1.29 is 9.90 Å². The van der Waals surface area contributed by atoms with Gasteiger partial charge in [-0.05, 0) is 50.2 Å². The van der Waals surface area contributed by atoms with Crippen molar-refractivity contribution in [2.45, 2.75) is 25.4 Å².